The van der Waals surface area contributed by atoms with Gasteiger partial charge in [-0.1, -0.05) is 0 Å². The third kappa shape index (κ3) is 0.814. The van der Waals surface area contributed by atoms with Gasteiger partial charge in [-0.15, -0.1) is 0 Å². The molecule has 0 bridgehead atoms. The van der Waals surface area contributed by atoms with Gasteiger partial charge in [0.25, 0.3) is 0 Å². The second-order valence-electron chi connectivity index (χ2n) is 2.83. The van der Waals surface area contributed by atoms with Gasteiger partial charge < -0.3 is 5.73 Å². The topological polar surface area (TPSA) is 38.9 Å². The summed E-state index contributed by atoms with van der Waals surface area (Å²) in [4.78, 5) is 0. The highest BCUT2D eigenvalue weighted by molar-refractivity contribution is 7.10. The molecule has 2 rings (SSSR count). The Kier molecular flexibility index (Phi) is 1.20. The van der Waals surface area contributed by atoms with Crippen LogP contribution in [0, 0.1) is 6.92 Å². The van der Waals surface area contributed by atoms with Gasteiger partial charge in [0.05, 0.1) is 5.69 Å². The van der Waals surface area contributed by atoms with Crippen LogP contribution in [0.1, 0.15) is 30.0 Å². The van der Waals surface area contributed by atoms with Crippen molar-refractivity contribution in [2.45, 2.75) is 25.7 Å². The van der Waals surface area contributed by atoms with Crippen molar-refractivity contribution in [3.8, 4) is 0 Å². The molecule has 2 nitrogen and oxygen atoms in total. The highest BCUT2D eigenvalue weighted by Crippen LogP contribution is 2.42. The van der Waals surface area contributed by atoms with Gasteiger partial charge in [-0.2, -0.15) is 4.37 Å². The Bertz CT molecular complexity index is 250. The Morgan fingerprint density at radius 2 is 2.30 bits per heavy atom. The summed E-state index contributed by atoms with van der Waals surface area (Å²) in [6, 6.07) is 0. The molecule has 0 spiro atoms. The predicted molar refractivity (Wildman–Crippen MR) is 43.2 cm³/mol. The average molecular weight is 154 g/mol. The van der Waals surface area contributed by atoms with Crippen molar-refractivity contribution in [2.24, 2.45) is 0 Å². The van der Waals surface area contributed by atoms with Crippen molar-refractivity contribution in [3.05, 3.63) is 11.3 Å². The minimum atomic E-state index is 0.744. The van der Waals surface area contributed by atoms with Crippen molar-refractivity contribution in [1.82, 2.24) is 4.37 Å². The van der Waals surface area contributed by atoms with Gasteiger partial charge in [0, 0.05) is 11.5 Å². The number of aromatic nitrogens is 1. The van der Waals surface area contributed by atoms with Gasteiger partial charge in [-0.05, 0) is 31.3 Å². The van der Waals surface area contributed by atoms with Crippen molar-refractivity contribution in [3.63, 3.8) is 0 Å². The molecule has 10 heavy (non-hydrogen) atoms. The van der Waals surface area contributed by atoms with E-state index in [1.165, 1.54) is 35.6 Å². The minimum Gasteiger partial charge on any atom is -0.389 e. The molecule has 3 heteroatoms. The lowest BCUT2D eigenvalue weighted by Crippen LogP contribution is -1.85. The van der Waals surface area contributed by atoms with Crippen LogP contribution in [0.5, 0.6) is 0 Å². The van der Waals surface area contributed by atoms with Crippen LogP contribution in [0.15, 0.2) is 0 Å². The molecule has 1 heterocycles. The molecule has 0 aliphatic heterocycles. The molecule has 54 valence electrons. The summed E-state index contributed by atoms with van der Waals surface area (Å²) in [6.45, 7) is 2.06. The molecule has 0 saturated heterocycles. The number of anilines is 1. The van der Waals surface area contributed by atoms with E-state index in [0.717, 1.165) is 10.9 Å². The van der Waals surface area contributed by atoms with E-state index in [0.29, 0.717) is 0 Å². The third-order valence-corrected chi connectivity index (χ3v) is 2.75. The molecular weight excluding hydrogens is 144 g/mol. The zero-order valence-corrected chi connectivity index (χ0v) is 6.74. The molecule has 0 radical (unpaired) electrons. The Hall–Kier alpha value is -0.570. The number of nitrogens with zero attached hydrogens (tertiary/aromatic N) is 1. The fourth-order valence-electron chi connectivity index (χ4n) is 1.10. The lowest BCUT2D eigenvalue weighted by Gasteiger charge is -1.91. The van der Waals surface area contributed by atoms with Gasteiger partial charge in [0.1, 0.15) is 5.00 Å². The van der Waals surface area contributed by atoms with Crippen molar-refractivity contribution < 1.29 is 0 Å². The number of nitrogens with two attached hydrogens (primary N) is 1. The first-order chi connectivity index (χ1) is 4.79. The monoisotopic (exact) mass is 154 g/mol. The maximum atomic E-state index is 5.66. The van der Waals surface area contributed by atoms with E-state index in [9.17, 15) is 0 Å². The first-order valence-corrected chi connectivity index (χ1v) is 4.28. The Balaban J connectivity index is 2.40. The van der Waals surface area contributed by atoms with Gasteiger partial charge in [-0.25, -0.2) is 0 Å². The molecule has 1 aromatic rings. The highest BCUT2D eigenvalue weighted by Gasteiger charge is 2.28. The maximum absolute atomic E-state index is 5.66. The van der Waals surface area contributed by atoms with E-state index in [2.05, 4.69) is 11.3 Å². The zero-order valence-electron chi connectivity index (χ0n) is 5.92. The summed E-state index contributed by atoms with van der Waals surface area (Å²) < 4.78 is 4.29. The largest absolute Gasteiger partial charge is 0.389 e. The van der Waals surface area contributed by atoms with Crippen LogP contribution in [0.25, 0.3) is 0 Å². The molecule has 1 aliphatic carbocycles. The van der Waals surface area contributed by atoms with E-state index in [1.54, 1.807) is 0 Å². The quantitative estimate of drug-likeness (QED) is 0.671. The molecule has 2 N–H and O–H groups in total. The molecule has 1 fully saturated rings. The normalized spacial score (nSPS) is 17.7. The fraction of sp³-hybridized carbons (Fsp3) is 0.571. The highest BCUT2D eigenvalue weighted by atomic mass is 32.1. The van der Waals surface area contributed by atoms with E-state index < -0.39 is 0 Å². The second kappa shape index (κ2) is 1.95. The maximum Gasteiger partial charge on any atom is 0.110 e. The third-order valence-electron chi connectivity index (χ3n) is 1.96. The molecule has 0 atom stereocenters. The van der Waals surface area contributed by atoms with E-state index in [4.69, 9.17) is 5.73 Å². The smallest absolute Gasteiger partial charge is 0.110 e. The van der Waals surface area contributed by atoms with Crippen LogP contribution in [0.4, 0.5) is 5.00 Å². The van der Waals surface area contributed by atoms with Crippen LogP contribution >= 0.6 is 11.5 Å². The second-order valence-corrected chi connectivity index (χ2v) is 3.64. The van der Waals surface area contributed by atoms with E-state index in [1.807, 2.05) is 0 Å². The summed E-state index contributed by atoms with van der Waals surface area (Å²) in [5.41, 5.74) is 8.13. The lowest BCUT2D eigenvalue weighted by atomic mass is 10.2. The molecule has 0 unspecified atom stereocenters. The average Bonchev–Trinajstić information content (AvgIpc) is 2.67. The molecule has 1 aromatic heterocycles. The van der Waals surface area contributed by atoms with Crippen molar-refractivity contribution in [1.29, 1.82) is 0 Å². The van der Waals surface area contributed by atoms with Crippen LogP contribution in [-0.2, 0) is 0 Å². The summed E-state index contributed by atoms with van der Waals surface area (Å²) in [7, 11) is 0. The fourth-order valence-corrected chi connectivity index (χ4v) is 1.82. The van der Waals surface area contributed by atoms with E-state index >= 15 is 0 Å². The van der Waals surface area contributed by atoms with Gasteiger partial charge in [0.2, 0.25) is 0 Å². The number of nitrogen functional groups attached to an aromatic ring is 1. The van der Waals surface area contributed by atoms with Crippen molar-refractivity contribution >= 4 is 16.5 Å². The zero-order chi connectivity index (χ0) is 7.14. The van der Waals surface area contributed by atoms with Crippen LogP contribution < -0.4 is 5.73 Å². The molecule has 0 aromatic carbocycles. The van der Waals surface area contributed by atoms with Crippen LogP contribution in [0.3, 0.4) is 0 Å². The predicted octanol–water partition coefficient (Wildman–Crippen LogP) is 1.91. The number of rotatable bonds is 1. The van der Waals surface area contributed by atoms with Crippen LogP contribution in [0.2, 0.25) is 0 Å². The lowest BCUT2D eigenvalue weighted by molar-refractivity contribution is 1.05. The van der Waals surface area contributed by atoms with Gasteiger partial charge in [0.15, 0.2) is 0 Å². The summed E-state index contributed by atoms with van der Waals surface area (Å²) in [5.74, 6) is 0.744. The molecule has 0 amide bonds. The Labute approximate surface area is 64.2 Å². The van der Waals surface area contributed by atoms with Gasteiger partial charge in [-0.3, -0.25) is 0 Å². The number of hydrogen-bond donors (Lipinski definition) is 1. The van der Waals surface area contributed by atoms with E-state index in [-0.39, 0.29) is 0 Å². The molecule has 1 aliphatic rings. The standard InChI is InChI=1S/C7H10N2S/c1-4-6(5-2-3-5)9-10-7(4)8/h5H,2-3,8H2,1H3. The number of hydrogen-bond acceptors (Lipinski definition) is 3. The van der Waals surface area contributed by atoms with Gasteiger partial charge >= 0.3 is 0 Å². The molecule has 1 saturated carbocycles. The Morgan fingerprint density at radius 1 is 1.60 bits per heavy atom. The first-order valence-electron chi connectivity index (χ1n) is 3.50. The molecular formula is C7H10N2S. The van der Waals surface area contributed by atoms with Crippen LogP contribution in [-0.4, -0.2) is 4.37 Å². The Morgan fingerprint density at radius 3 is 2.70 bits per heavy atom. The summed E-state index contributed by atoms with van der Waals surface area (Å²) >= 11 is 1.43. The first kappa shape index (κ1) is 6.16. The minimum absolute atomic E-state index is 0.744. The summed E-state index contributed by atoms with van der Waals surface area (Å²) in [5, 5.41) is 0.891. The summed E-state index contributed by atoms with van der Waals surface area (Å²) in [6.07, 6.45) is 2.62. The SMILES string of the molecule is Cc1c(C2CC2)nsc1N. The van der Waals surface area contributed by atoms with Crippen molar-refractivity contribution in [2.75, 3.05) is 5.73 Å².